The number of ether oxygens (including phenoxy) is 1. The van der Waals surface area contributed by atoms with Crippen molar-refractivity contribution in [3.05, 3.63) is 11.3 Å². The maximum atomic E-state index is 12.0. The molecular weight excluding hydrogens is 260 g/mol. The van der Waals surface area contributed by atoms with Crippen LogP contribution >= 0.6 is 11.8 Å². The second-order valence-corrected chi connectivity index (χ2v) is 6.56. The lowest BCUT2D eigenvalue weighted by Gasteiger charge is -2.21. The first-order valence-electron chi connectivity index (χ1n) is 6.58. The van der Waals surface area contributed by atoms with Gasteiger partial charge in [-0.15, -0.1) is 0 Å². The molecule has 0 saturated carbocycles. The van der Waals surface area contributed by atoms with Gasteiger partial charge in [0.25, 0.3) is 0 Å². The van der Waals surface area contributed by atoms with E-state index in [0.29, 0.717) is 11.0 Å². The lowest BCUT2D eigenvalue weighted by atomic mass is 9.96. The van der Waals surface area contributed by atoms with Crippen LogP contribution in [-0.4, -0.2) is 22.2 Å². The molecule has 1 aromatic rings. The van der Waals surface area contributed by atoms with Crippen LogP contribution < -0.4 is 4.74 Å². The van der Waals surface area contributed by atoms with Crippen LogP contribution in [0.5, 0.6) is 5.88 Å². The van der Waals surface area contributed by atoms with Crippen LogP contribution in [0.4, 0.5) is 0 Å². The first kappa shape index (κ1) is 14.3. The highest BCUT2D eigenvalue weighted by Gasteiger charge is 2.27. The van der Waals surface area contributed by atoms with Crippen molar-refractivity contribution in [1.82, 2.24) is 9.97 Å². The van der Waals surface area contributed by atoms with E-state index in [2.05, 4.69) is 9.97 Å². The van der Waals surface area contributed by atoms with Gasteiger partial charge in [-0.2, -0.15) is 4.98 Å². The largest absolute Gasteiger partial charge is 0.407 e. The Hall–Kier alpha value is -1.10. The zero-order chi connectivity index (χ0) is 14.0. The molecule has 0 N–H and O–H groups in total. The van der Waals surface area contributed by atoms with Crippen LogP contribution in [0.3, 0.4) is 0 Å². The molecule has 5 heteroatoms. The molecule has 0 saturated heterocycles. The molecule has 0 amide bonds. The quantitative estimate of drug-likeness (QED) is 0.473. The Labute approximate surface area is 118 Å². The number of esters is 1. The van der Waals surface area contributed by atoms with Gasteiger partial charge in [-0.1, -0.05) is 11.8 Å². The summed E-state index contributed by atoms with van der Waals surface area (Å²) < 4.78 is 5.52. The summed E-state index contributed by atoms with van der Waals surface area (Å²) in [6, 6.07) is 0. The van der Waals surface area contributed by atoms with E-state index < -0.39 is 5.41 Å². The summed E-state index contributed by atoms with van der Waals surface area (Å²) in [5.74, 6) is 0.222. The zero-order valence-corrected chi connectivity index (χ0v) is 12.8. The van der Waals surface area contributed by atoms with Gasteiger partial charge in [-0.25, -0.2) is 4.98 Å². The number of nitrogens with zero attached hydrogens (tertiary/aromatic N) is 2. The van der Waals surface area contributed by atoms with Gasteiger partial charge >= 0.3 is 5.97 Å². The molecule has 0 spiro atoms. The van der Waals surface area contributed by atoms with Gasteiger partial charge < -0.3 is 4.74 Å². The molecule has 19 heavy (non-hydrogen) atoms. The van der Waals surface area contributed by atoms with Gasteiger partial charge in [0.15, 0.2) is 5.16 Å². The third-order valence-electron chi connectivity index (χ3n) is 3.11. The molecule has 0 fully saturated rings. The molecule has 2 rings (SSSR count). The fourth-order valence-corrected chi connectivity index (χ4v) is 2.33. The molecule has 1 aliphatic rings. The number of hydrogen-bond acceptors (Lipinski definition) is 5. The predicted octanol–water partition coefficient (Wildman–Crippen LogP) is 3.03. The van der Waals surface area contributed by atoms with Crippen molar-refractivity contribution in [1.29, 1.82) is 0 Å². The average Bonchev–Trinajstić information content (AvgIpc) is 2.37. The Morgan fingerprint density at radius 3 is 2.53 bits per heavy atom. The predicted molar refractivity (Wildman–Crippen MR) is 75.5 cm³/mol. The maximum absolute atomic E-state index is 12.0. The highest BCUT2D eigenvalue weighted by molar-refractivity contribution is 7.98. The van der Waals surface area contributed by atoms with Crippen molar-refractivity contribution in [3.63, 3.8) is 0 Å². The van der Waals surface area contributed by atoms with Crippen LogP contribution in [-0.2, 0) is 17.6 Å². The molecule has 4 nitrogen and oxygen atoms in total. The fourth-order valence-electron chi connectivity index (χ4n) is 1.95. The second-order valence-electron chi connectivity index (χ2n) is 5.79. The van der Waals surface area contributed by atoms with Crippen LogP contribution in [0.1, 0.15) is 44.9 Å². The standard InChI is InChI=1S/C14H20N2O2S/c1-14(2,3)12(17)18-11-9-7-5-6-8-10(9)15-13(16-11)19-4/h5-8H2,1-4H3. The van der Waals surface area contributed by atoms with E-state index in [0.717, 1.165) is 36.9 Å². The molecule has 1 aliphatic carbocycles. The molecule has 1 aromatic heterocycles. The monoisotopic (exact) mass is 280 g/mol. The van der Waals surface area contributed by atoms with E-state index in [4.69, 9.17) is 4.74 Å². The van der Waals surface area contributed by atoms with Crippen molar-refractivity contribution in [2.24, 2.45) is 5.41 Å². The van der Waals surface area contributed by atoms with Gasteiger partial charge in [-0.3, -0.25) is 4.79 Å². The van der Waals surface area contributed by atoms with E-state index in [-0.39, 0.29) is 5.97 Å². The molecule has 0 radical (unpaired) electrons. The average molecular weight is 280 g/mol. The van der Waals surface area contributed by atoms with Crippen LogP contribution in [0.2, 0.25) is 0 Å². The minimum absolute atomic E-state index is 0.244. The maximum Gasteiger partial charge on any atom is 0.317 e. The zero-order valence-electron chi connectivity index (χ0n) is 11.9. The van der Waals surface area contributed by atoms with Crippen molar-refractivity contribution in [2.75, 3.05) is 6.26 Å². The molecule has 0 aliphatic heterocycles. The lowest BCUT2D eigenvalue weighted by Crippen LogP contribution is -2.27. The Morgan fingerprint density at radius 2 is 1.89 bits per heavy atom. The van der Waals surface area contributed by atoms with Gasteiger partial charge in [0.2, 0.25) is 5.88 Å². The molecular formula is C14H20N2O2S. The Bertz CT molecular complexity index is 495. The van der Waals surface area contributed by atoms with Gasteiger partial charge in [0.05, 0.1) is 11.1 Å². The van der Waals surface area contributed by atoms with Crippen molar-refractivity contribution in [2.45, 2.75) is 51.6 Å². The molecule has 0 aromatic carbocycles. The van der Waals surface area contributed by atoms with Crippen LogP contribution in [0, 0.1) is 5.41 Å². The van der Waals surface area contributed by atoms with E-state index in [9.17, 15) is 4.79 Å². The van der Waals surface area contributed by atoms with E-state index in [1.807, 2.05) is 27.0 Å². The summed E-state index contributed by atoms with van der Waals surface area (Å²) in [6.07, 6.45) is 6.03. The number of hydrogen-bond donors (Lipinski definition) is 0. The molecule has 1 heterocycles. The number of aryl methyl sites for hydroxylation is 1. The summed E-state index contributed by atoms with van der Waals surface area (Å²) in [4.78, 5) is 20.9. The summed E-state index contributed by atoms with van der Waals surface area (Å²) in [7, 11) is 0. The highest BCUT2D eigenvalue weighted by atomic mass is 32.2. The molecule has 0 atom stereocenters. The first-order valence-corrected chi connectivity index (χ1v) is 7.80. The van der Waals surface area contributed by atoms with Gasteiger partial charge in [0.1, 0.15) is 0 Å². The first-order chi connectivity index (χ1) is 8.91. The van der Waals surface area contributed by atoms with Crippen molar-refractivity contribution >= 4 is 17.7 Å². The van der Waals surface area contributed by atoms with Crippen molar-refractivity contribution in [3.8, 4) is 5.88 Å². The third-order valence-corrected chi connectivity index (χ3v) is 3.66. The van der Waals surface area contributed by atoms with Crippen LogP contribution in [0.15, 0.2) is 5.16 Å². The number of carbonyl (C=O) groups excluding carboxylic acids is 1. The summed E-state index contributed by atoms with van der Waals surface area (Å²) in [5.41, 5.74) is 1.54. The number of fused-ring (bicyclic) bond motifs is 1. The third kappa shape index (κ3) is 3.26. The van der Waals surface area contributed by atoms with Crippen molar-refractivity contribution < 1.29 is 9.53 Å². The van der Waals surface area contributed by atoms with E-state index >= 15 is 0 Å². The second kappa shape index (κ2) is 5.49. The Balaban J connectivity index is 2.35. The van der Waals surface area contributed by atoms with Gasteiger partial charge in [-0.05, 0) is 52.7 Å². The fraction of sp³-hybridized carbons (Fsp3) is 0.643. The molecule has 0 bridgehead atoms. The Kier molecular flexibility index (Phi) is 4.13. The molecule has 104 valence electrons. The minimum atomic E-state index is -0.522. The smallest absolute Gasteiger partial charge is 0.317 e. The number of rotatable bonds is 2. The van der Waals surface area contributed by atoms with E-state index in [1.165, 1.54) is 11.8 Å². The number of aromatic nitrogens is 2. The number of thioether (sulfide) groups is 1. The molecule has 0 unspecified atom stereocenters. The van der Waals surface area contributed by atoms with Gasteiger partial charge in [0, 0.05) is 5.56 Å². The highest BCUT2D eigenvalue weighted by Crippen LogP contribution is 2.30. The lowest BCUT2D eigenvalue weighted by molar-refractivity contribution is -0.143. The van der Waals surface area contributed by atoms with Crippen LogP contribution in [0.25, 0.3) is 0 Å². The minimum Gasteiger partial charge on any atom is -0.407 e. The van der Waals surface area contributed by atoms with E-state index in [1.54, 1.807) is 0 Å². The number of carbonyl (C=O) groups is 1. The summed E-state index contributed by atoms with van der Waals surface area (Å²) in [6.45, 7) is 5.54. The summed E-state index contributed by atoms with van der Waals surface area (Å²) >= 11 is 1.48. The topological polar surface area (TPSA) is 52.1 Å². The summed E-state index contributed by atoms with van der Waals surface area (Å²) in [5, 5.41) is 0.678. The SMILES string of the molecule is CSc1nc2c(c(OC(=O)C(C)(C)C)n1)CCCC2. The normalized spacial score (nSPS) is 14.9. The Morgan fingerprint density at radius 1 is 1.21 bits per heavy atom.